The van der Waals surface area contributed by atoms with Gasteiger partial charge in [-0.05, 0) is 38.8 Å². The maximum absolute atomic E-state index is 11.1. The zero-order valence-corrected chi connectivity index (χ0v) is 9.86. The summed E-state index contributed by atoms with van der Waals surface area (Å²) in [5, 5.41) is 9.11. The quantitative estimate of drug-likeness (QED) is 0.733. The van der Waals surface area contributed by atoms with Gasteiger partial charge in [-0.3, -0.25) is 4.79 Å². The highest BCUT2D eigenvalue weighted by molar-refractivity contribution is 5.78. The van der Waals surface area contributed by atoms with Crippen LogP contribution in [-0.2, 0) is 4.79 Å². The van der Waals surface area contributed by atoms with Crippen LogP contribution < -0.4 is 5.73 Å². The predicted molar refractivity (Wildman–Crippen MR) is 59.7 cm³/mol. The fourth-order valence-corrected chi connectivity index (χ4v) is 2.37. The van der Waals surface area contributed by atoms with Crippen LogP contribution in [-0.4, -0.2) is 41.1 Å². The van der Waals surface area contributed by atoms with Crippen LogP contribution in [0.1, 0.15) is 33.1 Å². The van der Waals surface area contributed by atoms with E-state index < -0.39 is 11.5 Å². The summed E-state index contributed by atoms with van der Waals surface area (Å²) in [7, 11) is 2.04. The molecular weight excluding hydrogens is 192 g/mol. The van der Waals surface area contributed by atoms with Crippen molar-refractivity contribution >= 4 is 5.97 Å². The van der Waals surface area contributed by atoms with Gasteiger partial charge in [0.25, 0.3) is 0 Å². The lowest BCUT2D eigenvalue weighted by Gasteiger charge is -2.42. The summed E-state index contributed by atoms with van der Waals surface area (Å²) >= 11 is 0. The Morgan fingerprint density at radius 2 is 2.27 bits per heavy atom. The van der Waals surface area contributed by atoms with Crippen LogP contribution in [0.15, 0.2) is 0 Å². The van der Waals surface area contributed by atoms with Gasteiger partial charge in [-0.25, -0.2) is 0 Å². The number of hydrogen-bond donors (Lipinski definition) is 2. The van der Waals surface area contributed by atoms with Gasteiger partial charge in [-0.1, -0.05) is 13.8 Å². The zero-order chi connectivity index (χ0) is 11.6. The predicted octanol–water partition coefficient (Wildman–Crippen LogP) is 0.909. The number of nitrogens with two attached hydrogens (primary N) is 1. The fraction of sp³-hybridized carbons (Fsp3) is 0.909. The second-order valence-electron chi connectivity index (χ2n) is 4.82. The third kappa shape index (κ3) is 2.49. The molecule has 1 aliphatic carbocycles. The Bertz CT molecular complexity index is 241. The molecule has 15 heavy (non-hydrogen) atoms. The van der Waals surface area contributed by atoms with Crippen molar-refractivity contribution in [3.63, 3.8) is 0 Å². The van der Waals surface area contributed by atoms with Crippen molar-refractivity contribution in [3.05, 3.63) is 0 Å². The molecule has 1 rings (SSSR count). The van der Waals surface area contributed by atoms with Crippen molar-refractivity contribution < 1.29 is 9.90 Å². The molecule has 3 unspecified atom stereocenters. The zero-order valence-electron chi connectivity index (χ0n) is 9.86. The van der Waals surface area contributed by atoms with Crippen LogP contribution in [0.25, 0.3) is 0 Å². The Hall–Kier alpha value is -0.610. The molecule has 1 saturated carbocycles. The molecule has 0 aromatic heterocycles. The Morgan fingerprint density at radius 1 is 1.67 bits per heavy atom. The molecule has 3 atom stereocenters. The van der Waals surface area contributed by atoms with Crippen LogP contribution in [0.5, 0.6) is 0 Å². The van der Waals surface area contributed by atoms with Crippen molar-refractivity contribution in [1.29, 1.82) is 0 Å². The maximum atomic E-state index is 11.1. The smallest absolute Gasteiger partial charge is 0.323 e. The number of rotatable bonds is 3. The van der Waals surface area contributed by atoms with E-state index in [9.17, 15) is 4.79 Å². The molecule has 4 nitrogen and oxygen atoms in total. The number of carboxylic acids is 1. The van der Waals surface area contributed by atoms with Crippen LogP contribution in [0.3, 0.4) is 0 Å². The van der Waals surface area contributed by atoms with Gasteiger partial charge in [-0.2, -0.15) is 0 Å². The van der Waals surface area contributed by atoms with E-state index >= 15 is 0 Å². The van der Waals surface area contributed by atoms with Crippen molar-refractivity contribution in [1.82, 2.24) is 4.90 Å². The van der Waals surface area contributed by atoms with Gasteiger partial charge in [0.1, 0.15) is 5.54 Å². The number of hydrogen-bond acceptors (Lipinski definition) is 3. The lowest BCUT2D eigenvalue weighted by atomic mass is 9.74. The summed E-state index contributed by atoms with van der Waals surface area (Å²) in [6.45, 7) is 5.20. The minimum Gasteiger partial charge on any atom is -0.480 e. The van der Waals surface area contributed by atoms with E-state index in [0.29, 0.717) is 24.8 Å². The summed E-state index contributed by atoms with van der Waals surface area (Å²) in [4.78, 5) is 13.3. The maximum Gasteiger partial charge on any atom is 0.323 e. The summed E-state index contributed by atoms with van der Waals surface area (Å²) in [6, 6.07) is 0.296. The molecule has 0 aromatic carbocycles. The standard InChI is InChI=1S/C11H22N2O2/c1-4-13(3)9-7-11(12,10(14)15)6-5-8(9)2/h8-9H,4-7,12H2,1-3H3,(H,14,15). The van der Waals surface area contributed by atoms with E-state index in [-0.39, 0.29) is 0 Å². The number of carbonyl (C=O) groups is 1. The molecule has 0 aromatic rings. The number of nitrogens with zero attached hydrogens (tertiary/aromatic N) is 1. The fourth-order valence-electron chi connectivity index (χ4n) is 2.37. The average Bonchev–Trinajstić information content (AvgIpc) is 2.20. The SMILES string of the molecule is CCN(C)C1CC(N)(C(=O)O)CCC1C. The van der Waals surface area contributed by atoms with Gasteiger partial charge >= 0.3 is 5.97 Å². The lowest BCUT2D eigenvalue weighted by molar-refractivity contribution is -0.146. The number of aliphatic carboxylic acids is 1. The first kappa shape index (κ1) is 12.5. The molecule has 1 aliphatic rings. The topological polar surface area (TPSA) is 66.6 Å². The molecule has 0 saturated heterocycles. The normalized spacial score (nSPS) is 36.9. The van der Waals surface area contributed by atoms with Crippen molar-refractivity contribution in [3.8, 4) is 0 Å². The summed E-state index contributed by atoms with van der Waals surface area (Å²) in [5.41, 5.74) is 4.91. The molecule has 0 amide bonds. The monoisotopic (exact) mass is 214 g/mol. The van der Waals surface area contributed by atoms with E-state index in [2.05, 4.69) is 18.7 Å². The molecule has 3 N–H and O–H groups in total. The first-order chi connectivity index (χ1) is 6.90. The Kier molecular flexibility index (Phi) is 3.73. The van der Waals surface area contributed by atoms with Gasteiger partial charge in [0.15, 0.2) is 0 Å². The lowest BCUT2D eigenvalue weighted by Crippen LogP contribution is -2.57. The molecule has 0 aliphatic heterocycles. The molecule has 0 heterocycles. The molecule has 0 radical (unpaired) electrons. The van der Waals surface area contributed by atoms with Crippen molar-refractivity contribution in [2.45, 2.75) is 44.7 Å². The summed E-state index contributed by atoms with van der Waals surface area (Å²) in [6.07, 6.45) is 2.06. The minimum absolute atomic E-state index is 0.296. The molecule has 88 valence electrons. The van der Waals surface area contributed by atoms with E-state index in [0.717, 1.165) is 13.0 Å². The van der Waals surface area contributed by atoms with Gasteiger partial charge < -0.3 is 15.7 Å². The third-order valence-electron chi connectivity index (χ3n) is 3.77. The highest BCUT2D eigenvalue weighted by Crippen LogP contribution is 2.33. The van der Waals surface area contributed by atoms with E-state index in [1.54, 1.807) is 0 Å². The van der Waals surface area contributed by atoms with E-state index in [1.807, 2.05) is 7.05 Å². The Morgan fingerprint density at radius 3 is 2.73 bits per heavy atom. The first-order valence-corrected chi connectivity index (χ1v) is 5.63. The van der Waals surface area contributed by atoms with Crippen LogP contribution in [0.4, 0.5) is 0 Å². The largest absolute Gasteiger partial charge is 0.480 e. The first-order valence-electron chi connectivity index (χ1n) is 5.63. The summed E-state index contributed by atoms with van der Waals surface area (Å²) < 4.78 is 0. The van der Waals surface area contributed by atoms with Gasteiger partial charge in [0, 0.05) is 6.04 Å². The average molecular weight is 214 g/mol. The molecule has 1 fully saturated rings. The third-order valence-corrected chi connectivity index (χ3v) is 3.77. The minimum atomic E-state index is -1.01. The molecule has 4 heteroatoms. The van der Waals surface area contributed by atoms with Crippen LogP contribution >= 0.6 is 0 Å². The highest BCUT2D eigenvalue weighted by Gasteiger charge is 2.43. The van der Waals surface area contributed by atoms with E-state index in [4.69, 9.17) is 10.8 Å². The Balaban J connectivity index is 2.76. The van der Waals surface area contributed by atoms with Gasteiger partial charge in [-0.15, -0.1) is 0 Å². The van der Waals surface area contributed by atoms with E-state index in [1.165, 1.54) is 0 Å². The second-order valence-corrected chi connectivity index (χ2v) is 4.82. The summed E-state index contributed by atoms with van der Waals surface area (Å²) in [5.74, 6) is -0.324. The second kappa shape index (κ2) is 4.49. The Labute approximate surface area is 91.4 Å². The highest BCUT2D eigenvalue weighted by atomic mass is 16.4. The molecular formula is C11H22N2O2. The van der Waals surface area contributed by atoms with Crippen LogP contribution in [0.2, 0.25) is 0 Å². The van der Waals surface area contributed by atoms with Crippen molar-refractivity contribution in [2.75, 3.05) is 13.6 Å². The number of carboxylic acid groups (broad SMARTS) is 1. The van der Waals surface area contributed by atoms with Crippen molar-refractivity contribution in [2.24, 2.45) is 11.7 Å². The van der Waals surface area contributed by atoms with Crippen LogP contribution in [0, 0.1) is 5.92 Å². The van der Waals surface area contributed by atoms with Gasteiger partial charge in [0.2, 0.25) is 0 Å². The molecule has 0 spiro atoms. The molecule has 0 bridgehead atoms. The van der Waals surface area contributed by atoms with Gasteiger partial charge in [0.05, 0.1) is 0 Å².